The highest BCUT2D eigenvalue weighted by Gasteiger charge is 2.07. The van der Waals surface area contributed by atoms with Gasteiger partial charge in [0.15, 0.2) is 0 Å². The fourth-order valence-corrected chi connectivity index (χ4v) is 2.25. The molecule has 0 aliphatic carbocycles. The van der Waals surface area contributed by atoms with E-state index in [0.717, 1.165) is 31.3 Å². The zero-order valence-corrected chi connectivity index (χ0v) is 12.9. The molecule has 0 saturated heterocycles. The Morgan fingerprint density at radius 1 is 1.14 bits per heavy atom. The smallest absolute Gasteiger partial charge is 0.221 e. The highest BCUT2D eigenvalue weighted by atomic mass is 16.5. The Bertz CT molecular complexity index is 557. The second-order valence-corrected chi connectivity index (χ2v) is 5.01. The number of nitrogens with one attached hydrogen (secondary N) is 1. The van der Waals surface area contributed by atoms with Crippen LogP contribution < -0.4 is 10.1 Å². The fraction of sp³-hybridized carbons (Fsp3) is 0.471. The highest BCUT2D eigenvalue weighted by Crippen LogP contribution is 2.26. The van der Waals surface area contributed by atoms with Gasteiger partial charge in [-0.3, -0.25) is 0 Å². The number of hydrogen-bond donors (Lipinski definition) is 1. The Balaban J connectivity index is 2.14. The highest BCUT2D eigenvalue weighted by molar-refractivity contribution is 5.89. The van der Waals surface area contributed by atoms with Crippen LogP contribution in [0.5, 0.6) is 5.88 Å². The van der Waals surface area contributed by atoms with Crippen molar-refractivity contribution in [2.45, 2.75) is 26.3 Å². The lowest BCUT2D eigenvalue weighted by Gasteiger charge is -2.12. The molecule has 4 nitrogen and oxygen atoms in total. The van der Waals surface area contributed by atoms with Crippen LogP contribution in [0.3, 0.4) is 0 Å². The minimum absolute atomic E-state index is 0.623. The molecule has 0 spiro atoms. The van der Waals surface area contributed by atoms with E-state index >= 15 is 0 Å². The van der Waals surface area contributed by atoms with Crippen LogP contribution in [0.25, 0.3) is 10.8 Å². The van der Waals surface area contributed by atoms with Gasteiger partial charge in [-0.2, -0.15) is 0 Å². The maximum absolute atomic E-state index is 5.79. The van der Waals surface area contributed by atoms with Crippen LogP contribution in [0.4, 0.5) is 0 Å². The monoisotopic (exact) mass is 288 g/mol. The van der Waals surface area contributed by atoms with Crippen LogP contribution in [0, 0.1) is 0 Å². The molecule has 1 aromatic heterocycles. The van der Waals surface area contributed by atoms with E-state index in [0.29, 0.717) is 19.1 Å². The van der Waals surface area contributed by atoms with E-state index in [1.807, 2.05) is 12.3 Å². The number of pyridine rings is 1. The van der Waals surface area contributed by atoms with E-state index in [4.69, 9.17) is 9.47 Å². The Morgan fingerprint density at radius 2 is 1.95 bits per heavy atom. The zero-order valence-electron chi connectivity index (χ0n) is 12.9. The van der Waals surface area contributed by atoms with Gasteiger partial charge in [0, 0.05) is 38.3 Å². The van der Waals surface area contributed by atoms with Gasteiger partial charge in [-0.05, 0) is 30.0 Å². The minimum Gasteiger partial charge on any atom is -0.477 e. The van der Waals surface area contributed by atoms with Crippen LogP contribution in [0.2, 0.25) is 0 Å². The lowest BCUT2D eigenvalue weighted by atomic mass is 10.1. The van der Waals surface area contributed by atoms with Gasteiger partial charge < -0.3 is 14.8 Å². The number of ether oxygens (including phenoxy) is 2. The number of hydrogen-bond acceptors (Lipinski definition) is 4. The summed E-state index contributed by atoms with van der Waals surface area (Å²) in [6, 6.07) is 8.27. The normalized spacial score (nSPS) is 11.0. The molecular formula is C17H24N2O2. The number of benzene rings is 1. The van der Waals surface area contributed by atoms with E-state index in [2.05, 4.69) is 35.4 Å². The van der Waals surface area contributed by atoms with Gasteiger partial charge in [0.05, 0.1) is 6.61 Å². The van der Waals surface area contributed by atoms with Crippen LogP contribution in [-0.4, -0.2) is 31.9 Å². The van der Waals surface area contributed by atoms with Gasteiger partial charge in [0.1, 0.15) is 0 Å². The third-order valence-corrected chi connectivity index (χ3v) is 3.31. The standard InChI is InChI=1S/C17H24N2O2/c1-3-9-18-12-14-13-19-17(21-11-6-10-20-2)16-8-5-4-7-15(14)16/h4-5,7-8,13,18H,3,6,9-12H2,1-2H3. The van der Waals surface area contributed by atoms with Gasteiger partial charge in [0.2, 0.25) is 5.88 Å². The molecule has 114 valence electrons. The molecule has 4 heteroatoms. The molecule has 0 aliphatic rings. The van der Waals surface area contributed by atoms with Crippen molar-refractivity contribution in [3.63, 3.8) is 0 Å². The second-order valence-electron chi connectivity index (χ2n) is 5.01. The third-order valence-electron chi connectivity index (χ3n) is 3.31. The fourth-order valence-electron chi connectivity index (χ4n) is 2.25. The number of nitrogens with zero attached hydrogens (tertiary/aromatic N) is 1. The summed E-state index contributed by atoms with van der Waals surface area (Å²) in [6.07, 6.45) is 3.91. The Kier molecular flexibility index (Phi) is 6.44. The van der Waals surface area contributed by atoms with E-state index in [-0.39, 0.29) is 0 Å². The zero-order chi connectivity index (χ0) is 14.9. The Morgan fingerprint density at radius 3 is 2.71 bits per heavy atom. The van der Waals surface area contributed by atoms with Crippen LogP contribution in [0.15, 0.2) is 30.5 Å². The maximum Gasteiger partial charge on any atom is 0.221 e. The molecule has 0 unspecified atom stereocenters. The Hall–Kier alpha value is -1.65. The van der Waals surface area contributed by atoms with Crippen LogP contribution in [0.1, 0.15) is 25.3 Å². The van der Waals surface area contributed by atoms with Gasteiger partial charge in [-0.15, -0.1) is 0 Å². The number of rotatable bonds is 9. The molecule has 0 fully saturated rings. The van der Waals surface area contributed by atoms with Gasteiger partial charge in [-0.1, -0.05) is 25.1 Å². The first-order valence-corrected chi connectivity index (χ1v) is 7.56. The van der Waals surface area contributed by atoms with E-state index in [9.17, 15) is 0 Å². The summed E-state index contributed by atoms with van der Waals surface area (Å²) in [6.45, 7) is 5.35. The summed E-state index contributed by atoms with van der Waals surface area (Å²) in [5.41, 5.74) is 1.21. The van der Waals surface area contributed by atoms with Crippen molar-refractivity contribution in [1.82, 2.24) is 10.3 Å². The Labute approximate surface area is 126 Å². The molecule has 2 aromatic rings. The average molecular weight is 288 g/mol. The number of fused-ring (bicyclic) bond motifs is 1. The molecule has 0 radical (unpaired) electrons. The first-order valence-electron chi connectivity index (χ1n) is 7.56. The molecule has 0 atom stereocenters. The van der Waals surface area contributed by atoms with Gasteiger partial charge >= 0.3 is 0 Å². The molecule has 0 aliphatic heterocycles. The van der Waals surface area contributed by atoms with Gasteiger partial charge in [-0.25, -0.2) is 4.98 Å². The lowest BCUT2D eigenvalue weighted by molar-refractivity contribution is 0.171. The SMILES string of the molecule is CCCNCc1cnc(OCCCOC)c2ccccc12. The van der Waals surface area contributed by atoms with Crippen LogP contribution >= 0.6 is 0 Å². The van der Waals surface area contributed by atoms with E-state index in [1.165, 1.54) is 10.9 Å². The minimum atomic E-state index is 0.623. The second kappa shape index (κ2) is 8.60. The van der Waals surface area contributed by atoms with Crippen molar-refractivity contribution in [2.75, 3.05) is 26.9 Å². The summed E-state index contributed by atoms with van der Waals surface area (Å²) in [5.74, 6) is 0.709. The van der Waals surface area contributed by atoms with Gasteiger partial charge in [0.25, 0.3) is 0 Å². The summed E-state index contributed by atoms with van der Waals surface area (Å²) >= 11 is 0. The quantitative estimate of drug-likeness (QED) is 0.720. The number of aromatic nitrogens is 1. The predicted octanol–water partition coefficient (Wildman–Crippen LogP) is 3.15. The van der Waals surface area contributed by atoms with Crippen molar-refractivity contribution in [2.24, 2.45) is 0 Å². The largest absolute Gasteiger partial charge is 0.477 e. The first kappa shape index (κ1) is 15.7. The van der Waals surface area contributed by atoms with Crippen molar-refractivity contribution < 1.29 is 9.47 Å². The summed E-state index contributed by atoms with van der Waals surface area (Å²) in [4.78, 5) is 4.48. The van der Waals surface area contributed by atoms with Crippen molar-refractivity contribution in [3.05, 3.63) is 36.0 Å². The molecule has 1 N–H and O–H groups in total. The van der Waals surface area contributed by atoms with Crippen LogP contribution in [-0.2, 0) is 11.3 Å². The summed E-state index contributed by atoms with van der Waals surface area (Å²) in [7, 11) is 1.70. The topological polar surface area (TPSA) is 43.4 Å². The molecule has 1 heterocycles. The predicted molar refractivity (Wildman–Crippen MR) is 85.7 cm³/mol. The maximum atomic E-state index is 5.79. The third kappa shape index (κ3) is 4.41. The first-order chi connectivity index (χ1) is 10.4. The molecule has 0 saturated carbocycles. The molecule has 21 heavy (non-hydrogen) atoms. The molecule has 0 amide bonds. The molecule has 1 aromatic carbocycles. The van der Waals surface area contributed by atoms with E-state index in [1.54, 1.807) is 7.11 Å². The van der Waals surface area contributed by atoms with Crippen molar-refractivity contribution >= 4 is 10.8 Å². The molecular weight excluding hydrogens is 264 g/mol. The molecule has 0 bridgehead atoms. The van der Waals surface area contributed by atoms with Crippen molar-refractivity contribution in [3.8, 4) is 5.88 Å². The molecule has 2 rings (SSSR count). The van der Waals surface area contributed by atoms with Crippen molar-refractivity contribution in [1.29, 1.82) is 0 Å². The average Bonchev–Trinajstić information content (AvgIpc) is 2.53. The van der Waals surface area contributed by atoms with E-state index < -0.39 is 0 Å². The summed E-state index contributed by atoms with van der Waals surface area (Å²) in [5, 5.41) is 5.71. The lowest BCUT2D eigenvalue weighted by Crippen LogP contribution is -2.14. The summed E-state index contributed by atoms with van der Waals surface area (Å²) < 4.78 is 10.8. The number of methoxy groups -OCH3 is 1.